The van der Waals surface area contributed by atoms with E-state index in [0.29, 0.717) is 22.9 Å². The summed E-state index contributed by atoms with van der Waals surface area (Å²) < 4.78 is 30.9. The van der Waals surface area contributed by atoms with Crippen molar-refractivity contribution >= 4 is 27.5 Å². The molecule has 0 spiro atoms. The Morgan fingerprint density at radius 2 is 1.65 bits per heavy atom. The van der Waals surface area contributed by atoms with Gasteiger partial charge in [0.15, 0.2) is 6.10 Å². The van der Waals surface area contributed by atoms with Gasteiger partial charge >= 0.3 is 0 Å². The van der Waals surface area contributed by atoms with Gasteiger partial charge in [0.2, 0.25) is 10.0 Å². The maximum atomic E-state index is 12.1. The summed E-state index contributed by atoms with van der Waals surface area (Å²) in [4.78, 5) is 12.1. The Bertz CT molecular complexity index is 836. The van der Waals surface area contributed by atoms with E-state index >= 15 is 0 Å². The molecule has 0 aliphatic heterocycles. The molecule has 26 heavy (non-hydrogen) atoms. The molecule has 0 radical (unpaired) electrons. The number of benzene rings is 2. The Hall–Kier alpha value is -2.09. The third-order valence-electron chi connectivity index (χ3n) is 3.65. The molecule has 0 fully saturated rings. The van der Waals surface area contributed by atoms with E-state index in [1.54, 1.807) is 55.5 Å². The molecule has 1 atom stereocenters. The van der Waals surface area contributed by atoms with Crippen LogP contribution in [0.25, 0.3) is 0 Å². The summed E-state index contributed by atoms with van der Waals surface area (Å²) in [5.74, 6) is 0.233. The van der Waals surface area contributed by atoms with E-state index in [-0.39, 0.29) is 11.7 Å². The van der Waals surface area contributed by atoms with Crippen LogP contribution >= 0.6 is 11.6 Å². The highest BCUT2D eigenvalue weighted by molar-refractivity contribution is 7.88. The molecule has 0 unspecified atom stereocenters. The zero-order valence-electron chi connectivity index (χ0n) is 14.5. The average molecular weight is 397 g/mol. The Labute approximate surface area is 158 Å². The maximum absolute atomic E-state index is 12.1. The van der Waals surface area contributed by atoms with Crippen molar-refractivity contribution in [2.75, 3.05) is 7.05 Å². The van der Waals surface area contributed by atoms with E-state index in [1.165, 1.54) is 7.05 Å². The quantitative estimate of drug-likeness (QED) is 0.717. The fourth-order valence-electron chi connectivity index (χ4n) is 2.15. The van der Waals surface area contributed by atoms with Gasteiger partial charge in [-0.2, -0.15) is 0 Å². The second-order valence-corrected chi connectivity index (χ2v) is 8.07. The van der Waals surface area contributed by atoms with Crippen LogP contribution in [0.5, 0.6) is 5.75 Å². The second-order valence-electron chi connectivity index (χ2n) is 5.71. The average Bonchev–Trinajstić information content (AvgIpc) is 2.62. The topological polar surface area (TPSA) is 84.5 Å². The minimum atomic E-state index is -3.30. The molecule has 1 amide bonds. The largest absolute Gasteiger partial charge is 0.481 e. The predicted molar refractivity (Wildman–Crippen MR) is 102 cm³/mol. The number of carbonyl (C=O) groups is 1. The highest BCUT2D eigenvalue weighted by Gasteiger charge is 2.14. The third kappa shape index (κ3) is 6.33. The van der Waals surface area contributed by atoms with Crippen molar-refractivity contribution in [2.45, 2.75) is 25.3 Å². The zero-order chi connectivity index (χ0) is 19.2. The Kier molecular flexibility index (Phi) is 7.02. The van der Waals surface area contributed by atoms with Crippen molar-refractivity contribution in [1.82, 2.24) is 10.0 Å². The molecule has 0 saturated carbocycles. The molecule has 2 rings (SSSR count). The first-order chi connectivity index (χ1) is 12.3. The highest BCUT2D eigenvalue weighted by atomic mass is 35.5. The first-order valence-corrected chi connectivity index (χ1v) is 10.0. The number of ether oxygens (including phenoxy) is 1. The lowest BCUT2D eigenvalue weighted by molar-refractivity contribution is -0.127. The molecule has 2 aromatic carbocycles. The second kappa shape index (κ2) is 9.02. The van der Waals surface area contributed by atoms with E-state index in [0.717, 1.165) is 5.56 Å². The van der Waals surface area contributed by atoms with Crippen LogP contribution in [0.4, 0.5) is 0 Å². The minimum Gasteiger partial charge on any atom is -0.481 e. The molecule has 0 aliphatic carbocycles. The summed E-state index contributed by atoms with van der Waals surface area (Å²) in [6.07, 6.45) is -0.656. The van der Waals surface area contributed by atoms with Gasteiger partial charge in [-0.05, 0) is 49.4 Å². The van der Waals surface area contributed by atoms with Crippen LogP contribution in [0, 0.1) is 0 Å². The fourth-order valence-corrected chi connectivity index (χ4v) is 3.05. The van der Waals surface area contributed by atoms with Crippen molar-refractivity contribution < 1.29 is 17.9 Å². The number of halogens is 1. The van der Waals surface area contributed by atoms with E-state index in [1.807, 2.05) is 0 Å². The Balaban J connectivity index is 1.85. The first kappa shape index (κ1) is 20.2. The van der Waals surface area contributed by atoms with E-state index in [9.17, 15) is 13.2 Å². The van der Waals surface area contributed by atoms with Gasteiger partial charge in [-0.3, -0.25) is 4.79 Å². The fraction of sp³-hybridized carbons (Fsp3) is 0.278. The van der Waals surface area contributed by atoms with Gasteiger partial charge in [0, 0.05) is 11.6 Å². The molecule has 0 bridgehead atoms. The van der Waals surface area contributed by atoms with Crippen LogP contribution in [-0.4, -0.2) is 27.5 Å². The molecule has 0 aromatic heterocycles. The molecule has 8 heteroatoms. The summed E-state index contributed by atoms with van der Waals surface area (Å²) >= 11 is 5.81. The number of rotatable bonds is 8. The number of nitrogens with one attached hydrogen (secondary N) is 2. The molecule has 2 aromatic rings. The van der Waals surface area contributed by atoms with Crippen LogP contribution in [0.1, 0.15) is 18.1 Å². The first-order valence-electron chi connectivity index (χ1n) is 7.98. The van der Waals surface area contributed by atoms with E-state index in [4.69, 9.17) is 16.3 Å². The Morgan fingerprint density at radius 3 is 2.23 bits per heavy atom. The molecular formula is C18H21ClN2O4S. The summed E-state index contributed by atoms with van der Waals surface area (Å²) in [5.41, 5.74) is 1.54. The number of amides is 1. The summed E-state index contributed by atoms with van der Waals surface area (Å²) in [6.45, 7) is 1.99. The molecule has 0 aliphatic rings. The summed E-state index contributed by atoms with van der Waals surface area (Å²) in [6, 6.07) is 13.8. The summed E-state index contributed by atoms with van der Waals surface area (Å²) in [7, 11) is -1.92. The Morgan fingerprint density at radius 1 is 1.08 bits per heavy atom. The van der Waals surface area contributed by atoms with Gasteiger partial charge in [0.05, 0.1) is 5.75 Å². The lowest BCUT2D eigenvalue weighted by Gasteiger charge is -2.15. The van der Waals surface area contributed by atoms with Gasteiger partial charge in [0.25, 0.3) is 5.91 Å². The van der Waals surface area contributed by atoms with Crippen molar-refractivity contribution in [1.29, 1.82) is 0 Å². The van der Waals surface area contributed by atoms with Gasteiger partial charge < -0.3 is 10.1 Å². The van der Waals surface area contributed by atoms with Crippen LogP contribution in [0.2, 0.25) is 5.02 Å². The van der Waals surface area contributed by atoms with E-state index < -0.39 is 16.1 Å². The number of hydrogen-bond acceptors (Lipinski definition) is 4. The molecular weight excluding hydrogens is 376 g/mol. The highest BCUT2D eigenvalue weighted by Crippen LogP contribution is 2.17. The maximum Gasteiger partial charge on any atom is 0.261 e. The van der Waals surface area contributed by atoms with Gasteiger partial charge in [0.1, 0.15) is 5.75 Å². The molecule has 140 valence electrons. The normalized spacial score (nSPS) is 12.4. The lowest BCUT2D eigenvalue weighted by Crippen LogP contribution is -2.35. The van der Waals surface area contributed by atoms with Gasteiger partial charge in [-0.1, -0.05) is 35.9 Å². The standard InChI is InChI=1S/C18H21ClN2O4S/c1-13(25-17-9-7-16(19)8-10-17)18(22)21-11-14-3-5-15(6-4-14)12-26(23,24)20-2/h3-10,13,20H,11-12H2,1-2H3,(H,21,22)/t13-/m0/s1. The van der Waals surface area contributed by atoms with Crippen molar-refractivity contribution in [3.05, 3.63) is 64.7 Å². The number of hydrogen-bond donors (Lipinski definition) is 2. The number of sulfonamides is 1. The summed E-state index contributed by atoms with van der Waals surface area (Å²) in [5, 5.41) is 3.39. The van der Waals surface area contributed by atoms with Gasteiger partial charge in [-0.25, -0.2) is 13.1 Å². The van der Waals surface area contributed by atoms with Crippen LogP contribution in [-0.2, 0) is 27.1 Å². The smallest absolute Gasteiger partial charge is 0.261 e. The number of carbonyl (C=O) groups excluding carboxylic acids is 1. The van der Waals surface area contributed by atoms with Crippen LogP contribution < -0.4 is 14.8 Å². The predicted octanol–water partition coefficient (Wildman–Crippen LogP) is 2.47. The minimum absolute atomic E-state index is 0.0812. The van der Waals surface area contributed by atoms with Gasteiger partial charge in [-0.15, -0.1) is 0 Å². The van der Waals surface area contributed by atoms with Crippen LogP contribution in [0.3, 0.4) is 0 Å². The third-order valence-corrected chi connectivity index (χ3v) is 5.24. The van der Waals surface area contributed by atoms with Crippen LogP contribution in [0.15, 0.2) is 48.5 Å². The molecule has 2 N–H and O–H groups in total. The monoisotopic (exact) mass is 396 g/mol. The lowest BCUT2D eigenvalue weighted by atomic mass is 10.1. The zero-order valence-corrected chi connectivity index (χ0v) is 16.1. The van der Waals surface area contributed by atoms with E-state index in [2.05, 4.69) is 10.0 Å². The molecule has 0 heterocycles. The van der Waals surface area contributed by atoms with Crippen molar-refractivity contribution in [2.24, 2.45) is 0 Å². The molecule has 0 saturated heterocycles. The SMILES string of the molecule is CNS(=O)(=O)Cc1ccc(CNC(=O)[C@H](C)Oc2ccc(Cl)cc2)cc1. The molecule has 6 nitrogen and oxygen atoms in total. The van der Waals surface area contributed by atoms with Crippen molar-refractivity contribution in [3.8, 4) is 5.75 Å². The van der Waals surface area contributed by atoms with Crippen molar-refractivity contribution in [3.63, 3.8) is 0 Å².